The number of thiophene rings is 1. The Bertz CT molecular complexity index is 728. The number of methoxy groups -OCH3 is 1. The number of aryl methyl sites for hydroxylation is 1. The predicted octanol–water partition coefficient (Wildman–Crippen LogP) is 3.00. The Balaban J connectivity index is 1.99. The van der Waals surface area contributed by atoms with Gasteiger partial charge in [-0.05, 0) is 36.8 Å². The standard InChI is InChI=1S/C15H18FNO3S2/c1-11-6-7-15(21-11)14(20-2)9-17-22(18,19)10-12-4-3-5-13(16)8-12/h3-8,14,17H,9-10H2,1-2H3. The van der Waals surface area contributed by atoms with E-state index in [-0.39, 0.29) is 18.4 Å². The molecule has 0 saturated carbocycles. The normalized spacial score (nSPS) is 13.2. The minimum absolute atomic E-state index is 0.147. The van der Waals surface area contributed by atoms with Crippen molar-refractivity contribution in [1.29, 1.82) is 0 Å². The molecule has 0 fully saturated rings. The number of benzene rings is 1. The first kappa shape index (κ1) is 17.1. The maximum absolute atomic E-state index is 13.1. The molecule has 0 aliphatic rings. The Morgan fingerprint density at radius 3 is 2.68 bits per heavy atom. The van der Waals surface area contributed by atoms with Crippen LogP contribution in [0, 0.1) is 12.7 Å². The van der Waals surface area contributed by atoms with E-state index < -0.39 is 15.8 Å². The Morgan fingerprint density at radius 2 is 2.09 bits per heavy atom. The van der Waals surface area contributed by atoms with Crippen LogP contribution in [0.1, 0.15) is 21.4 Å². The van der Waals surface area contributed by atoms with Crippen molar-refractivity contribution in [1.82, 2.24) is 4.72 Å². The molecule has 0 aliphatic carbocycles. The number of hydrogen-bond acceptors (Lipinski definition) is 4. The zero-order chi connectivity index (χ0) is 16.2. The molecule has 1 N–H and O–H groups in total. The van der Waals surface area contributed by atoms with Crippen LogP contribution in [0.15, 0.2) is 36.4 Å². The topological polar surface area (TPSA) is 55.4 Å². The van der Waals surface area contributed by atoms with E-state index in [9.17, 15) is 12.8 Å². The molecule has 1 unspecified atom stereocenters. The van der Waals surface area contributed by atoms with Gasteiger partial charge in [0.05, 0.1) is 5.75 Å². The third kappa shape index (κ3) is 4.88. The fraction of sp³-hybridized carbons (Fsp3) is 0.333. The molecule has 1 atom stereocenters. The molecule has 22 heavy (non-hydrogen) atoms. The molecular formula is C15H18FNO3S2. The van der Waals surface area contributed by atoms with Gasteiger partial charge in [0.1, 0.15) is 11.9 Å². The molecule has 0 bridgehead atoms. The Morgan fingerprint density at radius 1 is 1.32 bits per heavy atom. The molecule has 4 nitrogen and oxygen atoms in total. The fourth-order valence-electron chi connectivity index (χ4n) is 2.03. The van der Waals surface area contributed by atoms with Crippen molar-refractivity contribution in [3.8, 4) is 0 Å². The molecule has 7 heteroatoms. The quantitative estimate of drug-likeness (QED) is 0.841. The molecule has 0 saturated heterocycles. The van der Waals surface area contributed by atoms with E-state index in [0.717, 1.165) is 9.75 Å². The van der Waals surface area contributed by atoms with Crippen LogP contribution < -0.4 is 4.72 Å². The molecule has 0 spiro atoms. The number of ether oxygens (including phenoxy) is 1. The number of hydrogen-bond donors (Lipinski definition) is 1. The molecule has 0 radical (unpaired) electrons. The third-order valence-corrected chi connectivity index (χ3v) is 5.51. The van der Waals surface area contributed by atoms with Crippen molar-refractivity contribution < 1.29 is 17.5 Å². The Hall–Kier alpha value is -1.28. The highest BCUT2D eigenvalue weighted by molar-refractivity contribution is 7.88. The number of sulfonamides is 1. The summed E-state index contributed by atoms with van der Waals surface area (Å²) in [4.78, 5) is 2.10. The van der Waals surface area contributed by atoms with Crippen LogP contribution in [-0.2, 0) is 20.5 Å². The second-order valence-electron chi connectivity index (χ2n) is 4.91. The highest BCUT2D eigenvalue weighted by atomic mass is 32.2. The molecule has 120 valence electrons. The zero-order valence-corrected chi connectivity index (χ0v) is 14.0. The monoisotopic (exact) mass is 343 g/mol. The zero-order valence-electron chi connectivity index (χ0n) is 12.4. The van der Waals surface area contributed by atoms with Gasteiger partial charge >= 0.3 is 0 Å². The minimum atomic E-state index is -3.55. The van der Waals surface area contributed by atoms with E-state index in [4.69, 9.17) is 4.74 Å². The predicted molar refractivity (Wildman–Crippen MR) is 85.8 cm³/mol. The van der Waals surface area contributed by atoms with E-state index in [1.807, 2.05) is 19.1 Å². The number of halogens is 1. The summed E-state index contributed by atoms with van der Waals surface area (Å²) in [7, 11) is -2.01. The third-order valence-electron chi connectivity index (χ3n) is 3.10. The first-order valence-corrected chi connectivity index (χ1v) is 9.17. The van der Waals surface area contributed by atoms with Crippen molar-refractivity contribution in [3.63, 3.8) is 0 Å². The summed E-state index contributed by atoms with van der Waals surface area (Å²) in [6.45, 7) is 2.13. The van der Waals surface area contributed by atoms with Crippen LogP contribution in [0.3, 0.4) is 0 Å². The highest BCUT2D eigenvalue weighted by Crippen LogP contribution is 2.24. The number of rotatable bonds is 7. The SMILES string of the molecule is COC(CNS(=O)(=O)Cc1cccc(F)c1)c1ccc(C)s1. The van der Waals surface area contributed by atoms with Gasteiger partial charge in [-0.3, -0.25) is 0 Å². The van der Waals surface area contributed by atoms with Gasteiger partial charge in [-0.1, -0.05) is 12.1 Å². The first-order chi connectivity index (χ1) is 10.4. The summed E-state index contributed by atoms with van der Waals surface area (Å²) in [6.07, 6.45) is -0.332. The number of nitrogens with one attached hydrogen (secondary N) is 1. The maximum Gasteiger partial charge on any atom is 0.215 e. The van der Waals surface area contributed by atoms with Crippen molar-refractivity contribution in [3.05, 3.63) is 57.5 Å². The van der Waals surface area contributed by atoms with Gasteiger partial charge in [0.2, 0.25) is 10.0 Å². The van der Waals surface area contributed by atoms with Gasteiger partial charge in [-0.15, -0.1) is 11.3 Å². The van der Waals surface area contributed by atoms with Crippen molar-refractivity contribution in [2.45, 2.75) is 18.8 Å². The lowest BCUT2D eigenvalue weighted by Gasteiger charge is -2.15. The molecule has 0 amide bonds. The van der Waals surface area contributed by atoms with Crippen LogP contribution in [0.4, 0.5) is 4.39 Å². The largest absolute Gasteiger partial charge is 0.375 e. The summed E-state index contributed by atoms with van der Waals surface area (Å²) in [5, 5.41) is 0. The van der Waals surface area contributed by atoms with Gasteiger partial charge in [-0.2, -0.15) is 0 Å². The van der Waals surface area contributed by atoms with E-state index in [0.29, 0.717) is 5.56 Å². The highest BCUT2D eigenvalue weighted by Gasteiger charge is 2.18. The van der Waals surface area contributed by atoms with Crippen LogP contribution in [0.5, 0.6) is 0 Å². The van der Waals surface area contributed by atoms with Crippen molar-refractivity contribution in [2.75, 3.05) is 13.7 Å². The smallest absolute Gasteiger partial charge is 0.215 e. The summed E-state index contributed by atoms with van der Waals surface area (Å²) in [6, 6.07) is 9.47. The molecule has 0 aliphatic heterocycles. The van der Waals surface area contributed by atoms with Gasteiger partial charge in [-0.25, -0.2) is 17.5 Å². The van der Waals surface area contributed by atoms with E-state index in [1.54, 1.807) is 24.5 Å². The maximum atomic E-state index is 13.1. The van der Waals surface area contributed by atoms with Crippen LogP contribution in [0.25, 0.3) is 0 Å². The average Bonchev–Trinajstić information content (AvgIpc) is 2.85. The molecule has 1 aromatic carbocycles. The van der Waals surface area contributed by atoms with Crippen LogP contribution >= 0.6 is 11.3 Å². The first-order valence-electron chi connectivity index (χ1n) is 6.70. The van der Waals surface area contributed by atoms with E-state index in [1.165, 1.54) is 18.2 Å². The molecule has 2 aromatic rings. The summed E-state index contributed by atoms with van der Waals surface area (Å²) < 4.78 is 45.1. The lowest BCUT2D eigenvalue weighted by molar-refractivity contribution is 0.110. The van der Waals surface area contributed by atoms with Crippen LogP contribution in [-0.4, -0.2) is 22.1 Å². The minimum Gasteiger partial charge on any atom is -0.375 e. The molecular weight excluding hydrogens is 325 g/mol. The van der Waals surface area contributed by atoms with Gasteiger partial charge in [0.15, 0.2) is 0 Å². The Labute approximate surface area is 134 Å². The fourth-order valence-corrected chi connectivity index (χ4v) is 4.11. The summed E-state index contributed by atoms with van der Waals surface area (Å²) in [5.41, 5.74) is 0.411. The average molecular weight is 343 g/mol. The lowest BCUT2D eigenvalue weighted by atomic mass is 10.2. The van der Waals surface area contributed by atoms with Crippen molar-refractivity contribution >= 4 is 21.4 Å². The molecule has 1 heterocycles. The van der Waals surface area contributed by atoms with E-state index >= 15 is 0 Å². The van der Waals surface area contributed by atoms with E-state index in [2.05, 4.69) is 4.72 Å². The summed E-state index contributed by atoms with van der Waals surface area (Å²) in [5.74, 6) is -0.707. The summed E-state index contributed by atoms with van der Waals surface area (Å²) >= 11 is 1.57. The van der Waals surface area contributed by atoms with Crippen LogP contribution in [0.2, 0.25) is 0 Å². The Kier molecular flexibility index (Phi) is 5.69. The molecule has 1 aromatic heterocycles. The van der Waals surface area contributed by atoms with Gasteiger partial charge in [0.25, 0.3) is 0 Å². The second-order valence-corrected chi connectivity index (χ2v) is 8.04. The second kappa shape index (κ2) is 7.32. The lowest BCUT2D eigenvalue weighted by Crippen LogP contribution is -2.30. The van der Waals surface area contributed by atoms with Gasteiger partial charge < -0.3 is 4.74 Å². The molecule has 2 rings (SSSR count). The van der Waals surface area contributed by atoms with Crippen molar-refractivity contribution in [2.24, 2.45) is 0 Å². The van der Waals surface area contributed by atoms with Gasteiger partial charge in [0, 0.05) is 23.4 Å².